The molecule has 1 amide bonds. The zero-order valence-corrected chi connectivity index (χ0v) is 15.7. The number of rotatable bonds is 8. The highest BCUT2D eigenvalue weighted by molar-refractivity contribution is 5.76. The third-order valence-corrected chi connectivity index (χ3v) is 4.95. The lowest BCUT2D eigenvalue weighted by molar-refractivity contribution is -0.385. The number of hydrogen-bond donors (Lipinski definition) is 2. The Morgan fingerprint density at radius 3 is 2.85 bits per heavy atom. The van der Waals surface area contributed by atoms with Gasteiger partial charge in [-0.3, -0.25) is 19.8 Å². The number of likely N-dealkylation sites (tertiary alicyclic amines) is 1. The van der Waals surface area contributed by atoms with Crippen LogP contribution in [0, 0.1) is 10.1 Å². The Labute approximate surface area is 155 Å². The summed E-state index contributed by atoms with van der Waals surface area (Å²) in [6.07, 6.45) is 3.62. The Morgan fingerprint density at radius 1 is 1.42 bits per heavy atom. The van der Waals surface area contributed by atoms with Crippen molar-refractivity contribution in [2.45, 2.75) is 58.0 Å². The van der Waals surface area contributed by atoms with Crippen molar-refractivity contribution < 1.29 is 9.72 Å². The number of carbonyl (C=O) groups excluding carboxylic acids is 1. The van der Waals surface area contributed by atoms with Crippen molar-refractivity contribution in [3.63, 3.8) is 0 Å². The zero-order valence-electron chi connectivity index (χ0n) is 15.7. The molecule has 3 N–H and O–H groups in total. The van der Waals surface area contributed by atoms with Gasteiger partial charge in [-0.05, 0) is 30.9 Å². The summed E-state index contributed by atoms with van der Waals surface area (Å²) < 4.78 is 0. The van der Waals surface area contributed by atoms with Crippen LogP contribution < -0.4 is 11.1 Å². The molecular weight excluding hydrogens is 332 g/mol. The third kappa shape index (κ3) is 5.51. The van der Waals surface area contributed by atoms with Gasteiger partial charge in [-0.15, -0.1) is 0 Å². The zero-order chi connectivity index (χ0) is 19.1. The number of nitrogens with zero attached hydrogens (tertiary/aromatic N) is 2. The van der Waals surface area contributed by atoms with Gasteiger partial charge in [-0.2, -0.15) is 0 Å². The molecule has 0 aliphatic carbocycles. The molecule has 144 valence electrons. The normalized spacial score (nSPS) is 18.1. The molecule has 26 heavy (non-hydrogen) atoms. The van der Waals surface area contributed by atoms with Crippen LogP contribution in [0.15, 0.2) is 18.2 Å². The summed E-state index contributed by atoms with van der Waals surface area (Å²) in [6.45, 7) is 6.49. The van der Waals surface area contributed by atoms with Gasteiger partial charge in [-0.25, -0.2) is 0 Å². The van der Waals surface area contributed by atoms with E-state index in [0.717, 1.165) is 36.9 Å². The number of nitro benzene ring substituents is 1. The van der Waals surface area contributed by atoms with Crippen molar-refractivity contribution in [2.75, 3.05) is 19.6 Å². The second-order valence-corrected chi connectivity index (χ2v) is 7.27. The first kappa shape index (κ1) is 20.3. The van der Waals surface area contributed by atoms with Crippen LogP contribution in [0.25, 0.3) is 0 Å². The fourth-order valence-electron chi connectivity index (χ4n) is 3.52. The second-order valence-electron chi connectivity index (χ2n) is 7.27. The van der Waals surface area contributed by atoms with Crippen molar-refractivity contribution in [3.05, 3.63) is 39.4 Å². The lowest BCUT2D eigenvalue weighted by atomic mass is 9.97. The lowest BCUT2D eigenvalue weighted by Gasteiger charge is -2.36. The number of amides is 1. The molecule has 7 nitrogen and oxygen atoms in total. The highest BCUT2D eigenvalue weighted by Crippen LogP contribution is 2.28. The topological polar surface area (TPSA) is 102 Å². The van der Waals surface area contributed by atoms with E-state index in [-0.39, 0.29) is 28.5 Å². The first-order valence-electron chi connectivity index (χ1n) is 9.40. The van der Waals surface area contributed by atoms with E-state index in [2.05, 4.69) is 10.2 Å². The first-order valence-corrected chi connectivity index (χ1v) is 9.40. The molecular formula is C19H30N4O3. The van der Waals surface area contributed by atoms with Crippen LogP contribution in [-0.2, 0) is 11.3 Å². The van der Waals surface area contributed by atoms with E-state index < -0.39 is 0 Å². The maximum absolute atomic E-state index is 11.7. The van der Waals surface area contributed by atoms with Crippen LogP contribution in [-0.4, -0.2) is 41.4 Å². The van der Waals surface area contributed by atoms with E-state index in [9.17, 15) is 14.9 Å². The van der Waals surface area contributed by atoms with Crippen molar-refractivity contribution in [3.8, 4) is 0 Å². The van der Waals surface area contributed by atoms with Crippen LogP contribution in [0.4, 0.5) is 5.69 Å². The first-order chi connectivity index (χ1) is 12.4. The number of hydrogen-bond acceptors (Lipinski definition) is 5. The van der Waals surface area contributed by atoms with Gasteiger partial charge in [0.15, 0.2) is 0 Å². The minimum absolute atomic E-state index is 0.0186. The quantitative estimate of drug-likeness (QED) is 0.546. The molecule has 2 rings (SSSR count). The molecule has 1 saturated heterocycles. The fraction of sp³-hybridized carbons (Fsp3) is 0.632. The highest BCUT2D eigenvalue weighted by atomic mass is 16.6. The van der Waals surface area contributed by atoms with Crippen LogP contribution in [0.1, 0.15) is 56.6 Å². The summed E-state index contributed by atoms with van der Waals surface area (Å²) in [7, 11) is 0. The van der Waals surface area contributed by atoms with Gasteiger partial charge < -0.3 is 11.1 Å². The fourth-order valence-corrected chi connectivity index (χ4v) is 3.52. The molecule has 7 heteroatoms. The average Bonchev–Trinajstić information content (AvgIpc) is 2.61. The molecule has 1 unspecified atom stereocenters. The van der Waals surface area contributed by atoms with Gasteiger partial charge in [0.1, 0.15) is 0 Å². The Bertz CT molecular complexity index is 633. The summed E-state index contributed by atoms with van der Waals surface area (Å²) in [5.41, 5.74) is 7.32. The third-order valence-electron chi connectivity index (χ3n) is 4.95. The standard InChI is InChI=1S/C19H30N4O3/c1-14(2)17-7-6-15(11-18(17)23(25)26)13-22-10-4-3-5-16(22)12-21-19(24)8-9-20/h6-7,11,14,16H,3-5,8-10,12-13,20H2,1-2H3,(H,21,24). The average molecular weight is 362 g/mol. The summed E-state index contributed by atoms with van der Waals surface area (Å²) in [4.78, 5) is 25.1. The molecule has 1 aliphatic heterocycles. The maximum Gasteiger partial charge on any atom is 0.273 e. The van der Waals surface area contributed by atoms with Gasteiger partial charge in [0.05, 0.1) is 4.92 Å². The Kier molecular flexibility index (Phi) is 7.53. The Hall–Kier alpha value is -1.99. The van der Waals surface area contributed by atoms with E-state index in [1.807, 2.05) is 26.0 Å². The number of nitro groups is 1. The summed E-state index contributed by atoms with van der Waals surface area (Å²) in [6, 6.07) is 5.82. The molecule has 0 bridgehead atoms. The molecule has 0 saturated carbocycles. The predicted octanol–water partition coefficient (Wildman–Crippen LogP) is 2.54. The summed E-state index contributed by atoms with van der Waals surface area (Å²) in [5, 5.41) is 14.4. The van der Waals surface area contributed by atoms with Crippen LogP contribution in [0.5, 0.6) is 0 Å². The molecule has 1 aromatic rings. The molecule has 0 radical (unpaired) electrons. The van der Waals surface area contributed by atoms with Crippen molar-refractivity contribution >= 4 is 11.6 Å². The second kappa shape index (κ2) is 9.64. The van der Waals surface area contributed by atoms with E-state index in [1.165, 1.54) is 0 Å². The van der Waals surface area contributed by atoms with Gasteiger partial charge in [0.25, 0.3) is 5.69 Å². The number of piperidine rings is 1. The molecule has 1 heterocycles. The van der Waals surface area contributed by atoms with E-state index in [1.54, 1.807) is 6.07 Å². The molecule has 1 fully saturated rings. The van der Waals surface area contributed by atoms with Crippen molar-refractivity contribution in [1.82, 2.24) is 10.2 Å². The molecule has 1 aliphatic rings. The number of benzene rings is 1. The van der Waals surface area contributed by atoms with Crippen LogP contribution >= 0.6 is 0 Å². The van der Waals surface area contributed by atoms with Crippen molar-refractivity contribution in [1.29, 1.82) is 0 Å². The van der Waals surface area contributed by atoms with E-state index >= 15 is 0 Å². The van der Waals surface area contributed by atoms with Crippen LogP contribution in [0.3, 0.4) is 0 Å². The SMILES string of the molecule is CC(C)c1ccc(CN2CCCCC2CNC(=O)CCN)cc1[N+](=O)[O-]. The summed E-state index contributed by atoms with van der Waals surface area (Å²) >= 11 is 0. The number of carbonyl (C=O) groups is 1. The smallest absolute Gasteiger partial charge is 0.273 e. The lowest BCUT2D eigenvalue weighted by Crippen LogP contribution is -2.46. The van der Waals surface area contributed by atoms with Crippen LogP contribution in [0.2, 0.25) is 0 Å². The van der Waals surface area contributed by atoms with E-state index in [0.29, 0.717) is 26.1 Å². The van der Waals surface area contributed by atoms with Gasteiger partial charge in [-0.1, -0.05) is 32.4 Å². The number of nitrogens with one attached hydrogen (secondary N) is 1. The maximum atomic E-state index is 11.7. The van der Waals surface area contributed by atoms with Gasteiger partial charge in [0.2, 0.25) is 5.91 Å². The Morgan fingerprint density at radius 2 is 2.19 bits per heavy atom. The predicted molar refractivity (Wildman–Crippen MR) is 102 cm³/mol. The summed E-state index contributed by atoms with van der Waals surface area (Å²) in [5.74, 6) is 0.0971. The van der Waals surface area contributed by atoms with Gasteiger partial charge in [0, 0.05) is 43.7 Å². The number of nitrogens with two attached hydrogens (primary N) is 1. The monoisotopic (exact) mass is 362 g/mol. The molecule has 1 atom stereocenters. The molecule has 0 aromatic heterocycles. The minimum Gasteiger partial charge on any atom is -0.354 e. The largest absolute Gasteiger partial charge is 0.354 e. The molecule has 1 aromatic carbocycles. The highest BCUT2D eigenvalue weighted by Gasteiger charge is 2.24. The van der Waals surface area contributed by atoms with Crippen molar-refractivity contribution in [2.24, 2.45) is 5.73 Å². The van der Waals surface area contributed by atoms with Gasteiger partial charge >= 0.3 is 0 Å². The van der Waals surface area contributed by atoms with E-state index in [4.69, 9.17) is 5.73 Å². The molecule has 0 spiro atoms. The minimum atomic E-state index is -0.292. The Balaban J connectivity index is 2.08.